The van der Waals surface area contributed by atoms with Crippen molar-refractivity contribution in [3.05, 3.63) is 0 Å². The maximum Gasteiger partial charge on any atom is 0.0471 e. The third kappa shape index (κ3) is 5.83. The van der Waals surface area contributed by atoms with E-state index < -0.39 is 0 Å². The van der Waals surface area contributed by atoms with Crippen LogP contribution in [0.4, 0.5) is 0 Å². The van der Waals surface area contributed by atoms with Crippen LogP contribution in [0.1, 0.15) is 46.5 Å². The summed E-state index contributed by atoms with van der Waals surface area (Å²) in [4.78, 5) is 0. The number of ether oxygens (including phenoxy) is 1. The van der Waals surface area contributed by atoms with Crippen molar-refractivity contribution < 1.29 is 4.74 Å². The molecule has 0 amide bonds. The standard InChI is InChI=1S/C13H28N2O/c1-12(2,14)5-4-8-15-11-13(3)6-9-16-10-7-13/h15H,4-11,14H2,1-3H3. The van der Waals surface area contributed by atoms with Crippen LogP contribution in [0, 0.1) is 5.41 Å². The average molecular weight is 228 g/mol. The first-order chi connectivity index (χ1) is 7.41. The van der Waals surface area contributed by atoms with Gasteiger partial charge in [-0.1, -0.05) is 6.92 Å². The molecule has 0 aromatic heterocycles. The van der Waals surface area contributed by atoms with E-state index in [0.29, 0.717) is 5.41 Å². The lowest BCUT2D eigenvalue weighted by Crippen LogP contribution is -2.38. The van der Waals surface area contributed by atoms with Crippen molar-refractivity contribution >= 4 is 0 Å². The van der Waals surface area contributed by atoms with Crippen LogP contribution in [-0.2, 0) is 4.74 Å². The average Bonchev–Trinajstić information content (AvgIpc) is 2.16. The van der Waals surface area contributed by atoms with Gasteiger partial charge >= 0.3 is 0 Å². The molecule has 1 fully saturated rings. The van der Waals surface area contributed by atoms with Gasteiger partial charge in [-0.25, -0.2) is 0 Å². The minimum absolute atomic E-state index is 0.0236. The highest BCUT2D eigenvalue weighted by atomic mass is 16.5. The van der Waals surface area contributed by atoms with Gasteiger partial charge in [0.15, 0.2) is 0 Å². The Bertz CT molecular complexity index is 193. The van der Waals surface area contributed by atoms with Gasteiger partial charge in [0.2, 0.25) is 0 Å². The van der Waals surface area contributed by atoms with Crippen molar-refractivity contribution in [1.82, 2.24) is 5.32 Å². The number of hydrogen-bond acceptors (Lipinski definition) is 3. The van der Waals surface area contributed by atoms with Crippen LogP contribution in [0.25, 0.3) is 0 Å². The molecule has 3 nitrogen and oxygen atoms in total. The van der Waals surface area contributed by atoms with E-state index in [1.165, 1.54) is 12.8 Å². The molecule has 3 N–H and O–H groups in total. The highest BCUT2D eigenvalue weighted by Crippen LogP contribution is 2.28. The fraction of sp³-hybridized carbons (Fsp3) is 1.00. The molecule has 0 aliphatic carbocycles. The Balaban J connectivity index is 2.06. The lowest BCUT2D eigenvalue weighted by molar-refractivity contribution is 0.0241. The molecule has 0 spiro atoms. The van der Waals surface area contributed by atoms with E-state index in [9.17, 15) is 0 Å². The number of hydrogen-bond donors (Lipinski definition) is 2. The zero-order valence-corrected chi connectivity index (χ0v) is 11.1. The normalized spacial score (nSPS) is 21.0. The molecule has 1 aliphatic heterocycles. The molecule has 0 unspecified atom stereocenters. The van der Waals surface area contributed by atoms with Crippen molar-refractivity contribution in [1.29, 1.82) is 0 Å². The maximum atomic E-state index is 5.94. The van der Waals surface area contributed by atoms with E-state index in [-0.39, 0.29) is 5.54 Å². The summed E-state index contributed by atoms with van der Waals surface area (Å²) >= 11 is 0. The zero-order chi connectivity index (χ0) is 12.1. The predicted molar refractivity (Wildman–Crippen MR) is 68.5 cm³/mol. The molecule has 0 radical (unpaired) electrons. The summed E-state index contributed by atoms with van der Waals surface area (Å²) < 4.78 is 5.39. The maximum absolute atomic E-state index is 5.94. The van der Waals surface area contributed by atoms with Gasteiger partial charge in [-0.05, 0) is 51.5 Å². The van der Waals surface area contributed by atoms with Crippen LogP contribution in [0.15, 0.2) is 0 Å². The highest BCUT2D eigenvalue weighted by Gasteiger charge is 2.26. The molecule has 0 saturated carbocycles. The monoisotopic (exact) mass is 228 g/mol. The molecule has 0 atom stereocenters. The summed E-state index contributed by atoms with van der Waals surface area (Å²) in [5.41, 5.74) is 6.36. The van der Waals surface area contributed by atoms with Crippen LogP contribution in [0.5, 0.6) is 0 Å². The fourth-order valence-electron chi connectivity index (χ4n) is 2.10. The van der Waals surface area contributed by atoms with Gasteiger partial charge in [-0.2, -0.15) is 0 Å². The third-order valence-electron chi connectivity index (χ3n) is 3.43. The molecule has 1 aliphatic rings. The first kappa shape index (κ1) is 13.9. The smallest absolute Gasteiger partial charge is 0.0471 e. The van der Waals surface area contributed by atoms with Gasteiger partial charge in [0.25, 0.3) is 0 Å². The van der Waals surface area contributed by atoms with E-state index in [2.05, 4.69) is 26.1 Å². The van der Waals surface area contributed by atoms with Gasteiger partial charge in [0, 0.05) is 25.3 Å². The molecule has 0 bridgehead atoms. The van der Waals surface area contributed by atoms with Gasteiger partial charge < -0.3 is 15.8 Å². The van der Waals surface area contributed by atoms with E-state index in [0.717, 1.165) is 39.1 Å². The van der Waals surface area contributed by atoms with Crippen molar-refractivity contribution in [3.63, 3.8) is 0 Å². The summed E-state index contributed by atoms with van der Waals surface area (Å²) in [6.07, 6.45) is 4.61. The van der Waals surface area contributed by atoms with Crippen molar-refractivity contribution in [2.24, 2.45) is 11.1 Å². The van der Waals surface area contributed by atoms with Crippen LogP contribution in [0.3, 0.4) is 0 Å². The first-order valence-corrected chi connectivity index (χ1v) is 6.49. The summed E-state index contributed by atoms with van der Waals surface area (Å²) in [5.74, 6) is 0. The number of nitrogens with one attached hydrogen (secondary N) is 1. The molecule has 0 aromatic rings. The SMILES string of the molecule is CC(C)(N)CCCNCC1(C)CCOCC1. The predicted octanol–water partition coefficient (Wildman–Crippen LogP) is 1.91. The van der Waals surface area contributed by atoms with Gasteiger partial charge in [-0.15, -0.1) is 0 Å². The lowest BCUT2D eigenvalue weighted by atomic mass is 9.82. The molecule has 3 heteroatoms. The Kier molecular flexibility index (Phi) is 5.22. The second kappa shape index (κ2) is 5.99. The molecule has 1 saturated heterocycles. The Morgan fingerprint density at radius 3 is 2.50 bits per heavy atom. The third-order valence-corrected chi connectivity index (χ3v) is 3.43. The minimum atomic E-state index is -0.0236. The van der Waals surface area contributed by atoms with Gasteiger partial charge in [-0.3, -0.25) is 0 Å². The van der Waals surface area contributed by atoms with Crippen LogP contribution < -0.4 is 11.1 Å². The van der Waals surface area contributed by atoms with Crippen LogP contribution in [0.2, 0.25) is 0 Å². The Labute approximate surface area is 100 Å². The van der Waals surface area contributed by atoms with E-state index >= 15 is 0 Å². The summed E-state index contributed by atoms with van der Waals surface area (Å²) in [5, 5.41) is 3.56. The van der Waals surface area contributed by atoms with Crippen molar-refractivity contribution in [2.45, 2.75) is 52.0 Å². The van der Waals surface area contributed by atoms with Crippen molar-refractivity contribution in [3.8, 4) is 0 Å². The second-order valence-electron chi connectivity index (χ2n) is 6.19. The zero-order valence-electron chi connectivity index (χ0n) is 11.1. The highest BCUT2D eigenvalue weighted by molar-refractivity contribution is 4.79. The van der Waals surface area contributed by atoms with E-state index in [4.69, 9.17) is 10.5 Å². The molecule has 0 aromatic carbocycles. The molecular formula is C13H28N2O. The van der Waals surface area contributed by atoms with E-state index in [1.807, 2.05) is 0 Å². The molecule has 96 valence electrons. The number of nitrogens with two attached hydrogens (primary N) is 1. The first-order valence-electron chi connectivity index (χ1n) is 6.49. The quantitative estimate of drug-likeness (QED) is 0.683. The molecule has 16 heavy (non-hydrogen) atoms. The van der Waals surface area contributed by atoms with Gasteiger partial charge in [0.05, 0.1) is 0 Å². The number of rotatable bonds is 6. The van der Waals surface area contributed by atoms with Gasteiger partial charge in [0.1, 0.15) is 0 Å². The lowest BCUT2D eigenvalue weighted by Gasteiger charge is -2.33. The molecule has 1 rings (SSSR count). The van der Waals surface area contributed by atoms with Crippen LogP contribution in [-0.4, -0.2) is 31.8 Å². The largest absolute Gasteiger partial charge is 0.381 e. The fourth-order valence-corrected chi connectivity index (χ4v) is 2.10. The minimum Gasteiger partial charge on any atom is -0.381 e. The summed E-state index contributed by atoms with van der Waals surface area (Å²) in [7, 11) is 0. The second-order valence-corrected chi connectivity index (χ2v) is 6.19. The Morgan fingerprint density at radius 2 is 1.94 bits per heavy atom. The van der Waals surface area contributed by atoms with Crippen molar-refractivity contribution in [2.75, 3.05) is 26.3 Å². The topological polar surface area (TPSA) is 47.3 Å². The Hall–Kier alpha value is -0.120. The van der Waals surface area contributed by atoms with Crippen LogP contribution >= 0.6 is 0 Å². The Morgan fingerprint density at radius 1 is 1.31 bits per heavy atom. The summed E-state index contributed by atoms with van der Waals surface area (Å²) in [6.45, 7) is 10.6. The summed E-state index contributed by atoms with van der Waals surface area (Å²) in [6, 6.07) is 0. The molecule has 1 heterocycles. The van der Waals surface area contributed by atoms with E-state index in [1.54, 1.807) is 0 Å². The molecular weight excluding hydrogens is 200 g/mol.